The minimum absolute atomic E-state index is 0.682. The molecule has 3 nitrogen and oxygen atoms in total. The molecule has 27 heavy (non-hydrogen) atoms. The Hall–Kier alpha value is -1.13. The first-order chi connectivity index (χ1) is 12.9. The monoisotopic (exact) mass is 393 g/mol. The van der Waals surface area contributed by atoms with E-state index < -0.39 is 0 Å². The van der Waals surface area contributed by atoms with Crippen molar-refractivity contribution in [2.45, 2.75) is 58.3 Å². The second kappa shape index (κ2) is 14.0. The van der Waals surface area contributed by atoms with Gasteiger partial charge in [-0.2, -0.15) is 0 Å². The van der Waals surface area contributed by atoms with Gasteiger partial charge >= 0.3 is 0 Å². The molecule has 154 valence electrons. The molecule has 0 radical (unpaired) electrons. The van der Waals surface area contributed by atoms with Crippen LogP contribution in [0.15, 0.2) is 47.9 Å². The molecule has 0 aromatic carbocycles. The molecular weight excluding hydrogens is 352 g/mol. The molecule has 0 heterocycles. The fourth-order valence-electron chi connectivity index (χ4n) is 2.74. The molecule has 0 fully saturated rings. The van der Waals surface area contributed by atoms with Gasteiger partial charge < -0.3 is 13.9 Å². The molecule has 0 aromatic heterocycles. The van der Waals surface area contributed by atoms with Crippen molar-refractivity contribution in [1.29, 1.82) is 0 Å². The number of ether oxygens (including phenoxy) is 1. The normalized spacial score (nSPS) is 14.4. The standard InChI is InChI=1S/C23H41N2OS/c1-6-7-8-9-10-11-15-20-27-24-23-17-14-12-13-16-22(23)21(2)26-19-18-25(3,4)5/h13-14,16-17,24H,2,6-12,15,18-20H2,1,3-5H3/q+1. The van der Waals surface area contributed by atoms with Crippen LogP contribution in [0.1, 0.15) is 58.3 Å². The third-order valence-electron chi connectivity index (χ3n) is 4.50. The number of hydrogen-bond donors (Lipinski definition) is 1. The van der Waals surface area contributed by atoms with Gasteiger partial charge in [0.2, 0.25) is 0 Å². The Labute approximate surface area is 172 Å². The molecule has 0 spiro atoms. The number of unbranched alkanes of at least 4 members (excludes halogenated alkanes) is 6. The lowest BCUT2D eigenvalue weighted by Gasteiger charge is -2.24. The van der Waals surface area contributed by atoms with Gasteiger partial charge in [0, 0.05) is 11.3 Å². The lowest BCUT2D eigenvalue weighted by atomic mass is 10.1. The number of rotatable bonds is 15. The summed E-state index contributed by atoms with van der Waals surface area (Å²) < 4.78 is 10.3. The molecule has 0 bridgehead atoms. The van der Waals surface area contributed by atoms with Gasteiger partial charge in [0.25, 0.3) is 0 Å². The van der Waals surface area contributed by atoms with Crippen LogP contribution < -0.4 is 4.72 Å². The van der Waals surface area contributed by atoms with Crippen molar-refractivity contribution in [1.82, 2.24) is 4.72 Å². The summed E-state index contributed by atoms with van der Waals surface area (Å²) in [6, 6.07) is 0. The molecule has 0 aliphatic heterocycles. The predicted octanol–water partition coefficient (Wildman–Crippen LogP) is 5.98. The molecule has 0 saturated carbocycles. The number of nitrogens with zero attached hydrogens (tertiary/aromatic N) is 1. The summed E-state index contributed by atoms with van der Waals surface area (Å²) in [4.78, 5) is 0. The predicted molar refractivity (Wildman–Crippen MR) is 122 cm³/mol. The average Bonchev–Trinajstić information content (AvgIpc) is 2.84. The molecule has 0 atom stereocenters. The topological polar surface area (TPSA) is 21.3 Å². The maximum absolute atomic E-state index is 5.93. The van der Waals surface area contributed by atoms with E-state index in [1.54, 1.807) is 11.9 Å². The second-order valence-corrected chi connectivity index (χ2v) is 9.13. The lowest BCUT2D eigenvalue weighted by Crippen LogP contribution is -2.37. The number of allylic oxidation sites excluding steroid dienone is 4. The van der Waals surface area contributed by atoms with Crippen molar-refractivity contribution in [3.63, 3.8) is 0 Å². The third kappa shape index (κ3) is 12.0. The SMILES string of the molecule is C=C(OCC[N+](C)(C)C)C1=C(NSCCCCCCCCC)C=CCC=C1. The minimum atomic E-state index is 0.682. The largest absolute Gasteiger partial charge is 0.488 e. The van der Waals surface area contributed by atoms with Gasteiger partial charge in [-0.25, -0.2) is 0 Å². The van der Waals surface area contributed by atoms with Crippen LogP contribution in [-0.2, 0) is 4.74 Å². The fraction of sp³-hybridized carbons (Fsp3) is 0.652. The molecule has 0 saturated heterocycles. The van der Waals surface area contributed by atoms with Gasteiger partial charge in [0.05, 0.1) is 26.8 Å². The van der Waals surface area contributed by atoms with Crippen LogP contribution in [0.3, 0.4) is 0 Å². The van der Waals surface area contributed by atoms with Crippen molar-refractivity contribution >= 4 is 11.9 Å². The van der Waals surface area contributed by atoms with Crippen LogP contribution in [0, 0.1) is 0 Å². The van der Waals surface area contributed by atoms with Crippen LogP contribution in [0.2, 0.25) is 0 Å². The van der Waals surface area contributed by atoms with Crippen molar-refractivity contribution in [3.8, 4) is 0 Å². The van der Waals surface area contributed by atoms with E-state index in [0.717, 1.165) is 40.2 Å². The summed E-state index contributed by atoms with van der Waals surface area (Å²) in [5.41, 5.74) is 2.17. The van der Waals surface area contributed by atoms with Crippen LogP contribution >= 0.6 is 11.9 Å². The summed E-state index contributed by atoms with van der Waals surface area (Å²) in [5, 5.41) is 0. The van der Waals surface area contributed by atoms with Gasteiger partial charge in [-0.05, 0) is 18.9 Å². The maximum Gasteiger partial charge on any atom is 0.137 e. The lowest BCUT2D eigenvalue weighted by molar-refractivity contribution is -0.870. The summed E-state index contributed by atoms with van der Waals surface area (Å²) >= 11 is 1.79. The van der Waals surface area contributed by atoms with Crippen molar-refractivity contribution in [3.05, 3.63) is 47.9 Å². The van der Waals surface area contributed by atoms with E-state index in [0.29, 0.717) is 6.61 Å². The first kappa shape index (κ1) is 23.9. The Morgan fingerprint density at radius 1 is 1.07 bits per heavy atom. The number of nitrogens with one attached hydrogen (secondary N) is 1. The van der Waals surface area contributed by atoms with Crippen LogP contribution in [0.25, 0.3) is 0 Å². The first-order valence-electron chi connectivity index (χ1n) is 10.5. The highest BCUT2D eigenvalue weighted by Crippen LogP contribution is 2.21. The quantitative estimate of drug-likeness (QED) is 0.160. The molecule has 0 unspecified atom stereocenters. The van der Waals surface area contributed by atoms with Gasteiger partial charge in [-0.3, -0.25) is 0 Å². The Balaban J connectivity index is 2.39. The zero-order valence-corrected chi connectivity index (χ0v) is 18.9. The average molecular weight is 394 g/mol. The van der Waals surface area contributed by atoms with Gasteiger partial charge in [-0.15, -0.1) is 0 Å². The fourth-order valence-corrected chi connectivity index (χ4v) is 3.53. The highest BCUT2D eigenvalue weighted by Gasteiger charge is 2.12. The van der Waals surface area contributed by atoms with Crippen LogP contribution in [-0.4, -0.2) is 44.5 Å². The number of hydrogen-bond acceptors (Lipinski definition) is 3. The molecule has 1 rings (SSSR count). The zero-order chi connectivity index (χ0) is 20.0. The van der Waals surface area contributed by atoms with Crippen LogP contribution in [0.5, 0.6) is 0 Å². The van der Waals surface area contributed by atoms with Crippen molar-refractivity contribution in [2.75, 3.05) is 40.0 Å². The van der Waals surface area contributed by atoms with E-state index in [2.05, 4.69) is 63.7 Å². The Kier molecular flexibility index (Phi) is 12.4. The summed E-state index contributed by atoms with van der Waals surface area (Å²) in [6.45, 7) is 8.07. The smallest absolute Gasteiger partial charge is 0.137 e. The van der Waals surface area contributed by atoms with Gasteiger partial charge in [-0.1, -0.05) is 82.2 Å². The molecule has 1 N–H and O–H groups in total. The molecular formula is C23H41N2OS+. The molecule has 0 amide bonds. The first-order valence-corrected chi connectivity index (χ1v) is 11.5. The Morgan fingerprint density at radius 3 is 2.44 bits per heavy atom. The van der Waals surface area contributed by atoms with E-state index >= 15 is 0 Å². The highest BCUT2D eigenvalue weighted by atomic mass is 32.2. The van der Waals surface area contributed by atoms with E-state index in [9.17, 15) is 0 Å². The van der Waals surface area contributed by atoms with E-state index in [4.69, 9.17) is 4.74 Å². The zero-order valence-electron chi connectivity index (χ0n) is 18.1. The highest BCUT2D eigenvalue weighted by molar-refractivity contribution is 7.97. The van der Waals surface area contributed by atoms with Crippen molar-refractivity contribution in [2.24, 2.45) is 0 Å². The Morgan fingerprint density at radius 2 is 1.74 bits per heavy atom. The maximum atomic E-state index is 5.93. The van der Waals surface area contributed by atoms with E-state index in [1.165, 1.54) is 44.9 Å². The van der Waals surface area contributed by atoms with Crippen molar-refractivity contribution < 1.29 is 9.22 Å². The minimum Gasteiger partial charge on any atom is -0.488 e. The molecule has 1 aliphatic rings. The third-order valence-corrected chi connectivity index (χ3v) is 5.36. The Bertz CT molecular complexity index is 515. The number of likely N-dealkylation sites (N-methyl/N-ethyl adjacent to an activating group) is 1. The van der Waals surface area contributed by atoms with E-state index in [1.807, 2.05) is 0 Å². The van der Waals surface area contributed by atoms with Crippen LogP contribution in [0.4, 0.5) is 0 Å². The van der Waals surface area contributed by atoms with Gasteiger partial charge in [0.15, 0.2) is 0 Å². The summed E-state index contributed by atoms with van der Waals surface area (Å²) in [7, 11) is 6.52. The van der Waals surface area contributed by atoms with E-state index in [-0.39, 0.29) is 0 Å². The molecule has 1 aliphatic carbocycles. The molecule has 4 heteroatoms. The number of quaternary nitrogens is 1. The van der Waals surface area contributed by atoms with Gasteiger partial charge in [0.1, 0.15) is 18.9 Å². The summed E-state index contributed by atoms with van der Waals surface area (Å²) in [5.74, 6) is 1.89. The summed E-state index contributed by atoms with van der Waals surface area (Å²) in [6.07, 6.45) is 19.0. The molecule has 0 aromatic rings. The second-order valence-electron chi connectivity index (χ2n) is 8.23.